The highest BCUT2D eigenvalue weighted by molar-refractivity contribution is 7.87. The van der Waals surface area contributed by atoms with Crippen LogP contribution in [0.3, 0.4) is 0 Å². The van der Waals surface area contributed by atoms with Crippen LogP contribution in [0.25, 0.3) is 10.4 Å². The summed E-state index contributed by atoms with van der Waals surface area (Å²) in [5.41, 5.74) is 9.06. The standard InChI is InChI=1S/C11H16N4O4S/c1-15(20(16,17)14-13-12)7-6-9-4-5-10(18-2)11(8-9)19-3/h4-5,8H,6-7H2,1-3H3. The Morgan fingerprint density at radius 3 is 2.50 bits per heavy atom. The maximum atomic E-state index is 11.4. The Bertz CT molecular complexity index is 611. The summed E-state index contributed by atoms with van der Waals surface area (Å²) in [6, 6.07) is 5.33. The molecule has 0 aromatic heterocycles. The Labute approximate surface area is 117 Å². The Kier molecular flexibility index (Phi) is 5.63. The van der Waals surface area contributed by atoms with Crippen LogP contribution in [0.2, 0.25) is 0 Å². The first-order valence-corrected chi connectivity index (χ1v) is 7.08. The van der Waals surface area contributed by atoms with Crippen molar-refractivity contribution in [1.29, 1.82) is 0 Å². The molecule has 0 bridgehead atoms. The summed E-state index contributed by atoms with van der Waals surface area (Å²) in [7, 11) is 0.496. The molecule has 0 atom stereocenters. The molecule has 0 saturated carbocycles. The quantitative estimate of drug-likeness (QED) is 0.434. The van der Waals surface area contributed by atoms with Gasteiger partial charge in [-0.2, -0.15) is 4.31 Å². The minimum absolute atomic E-state index is 0.191. The third-order valence-corrected chi connectivity index (χ3v) is 3.95. The Morgan fingerprint density at radius 1 is 1.30 bits per heavy atom. The Balaban J connectivity index is 2.78. The Hall–Kier alpha value is -1.96. The van der Waals surface area contributed by atoms with Gasteiger partial charge in [-0.1, -0.05) is 6.07 Å². The van der Waals surface area contributed by atoms with Crippen LogP contribution in [0.5, 0.6) is 11.5 Å². The molecule has 8 nitrogen and oxygen atoms in total. The fraction of sp³-hybridized carbons (Fsp3) is 0.455. The normalized spacial score (nSPS) is 11.0. The van der Waals surface area contributed by atoms with Crippen LogP contribution in [-0.4, -0.2) is 40.5 Å². The van der Waals surface area contributed by atoms with Gasteiger partial charge in [0.25, 0.3) is 0 Å². The van der Waals surface area contributed by atoms with Crippen LogP contribution in [-0.2, 0) is 16.6 Å². The summed E-state index contributed by atoms with van der Waals surface area (Å²) < 4.78 is 36.9. The zero-order valence-electron chi connectivity index (χ0n) is 11.5. The fourth-order valence-corrected chi connectivity index (χ4v) is 2.09. The molecule has 0 unspecified atom stereocenters. The molecule has 110 valence electrons. The second-order valence-corrected chi connectivity index (χ2v) is 5.59. The molecular formula is C11H16N4O4S. The highest BCUT2D eigenvalue weighted by Crippen LogP contribution is 2.27. The number of ether oxygens (including phenoxy) is 2. The van der Waals surface area contributed by atoms with Crippen LogP contribution >= 0.6 is 0 Å². The molecule has 0 aliphatic carbocycles. The van der Waals surface area contributed by atoms with Gasteiger partial charge < -0.3 is 9.47 Å². The molecular weight excluding hydrogens is 284 g/mol. The minimum Gasteiger partial charge on any atom is -0.493 e. The van der Waals surface area contributed by atoms with E-state index in [-0.39, 0.29) is 6.54 Å². The van der Waals surface area contributed by atoms with Crippen molar-refractivity contribution < 1.29 is 17.9 Å². The average Bonchev–Trinajstić information content (AvgIpc) is 2.44. The van der Waals surface area contributed by atoms with Gasteiger partial charge in [0.05, 0.1) is 14.2 Å². The van der Waals surface area contributed by atoms with Gasteiger partial charge in [0.1, 0.15) is 0 Å². The zero-order valence-corrected chi connectivity index (χ0v) is 12.3. The van der Waals surface area contributed by atoms with E-state index < -0.39 is 10.2 Å². The lowest BCUT2D eigenvalue weighted by atomic mass is 10.1. The maximum absolute atomic E-state index is 11.4. The van der Waals surface area contributed by atoms with Crippen molar-refractivity contribution in [3.63, 3.8) is 0 Å². The monoisotopic (exact) mass is 300 g/mol. The SMILES string of the molecule is COc1ccc(CCN(C)S(=O)(=O)N=[N+]=[N-])cc1OC. The summed E-state index contributed by atoms with van der Waals surface area (Å²) in [5, 5.41) is 0. The van der Waals surface area contributed by atoms with Gasteiger partial charge in [-0.3, -0.25) is 0 Å². The van der Waals surface area contributed by atoms with Crippen LogP contribution in [0.15, 0.2) is 22.7 Å². The van der Waals surface area contributed by atoms with Gasteiger partial charge in [0.2, 0.25) is 0 Å². The summed E-state index contributed by atoms with van der Waals surface area (Å²) >= 11 is 0. The molecule has 0 radical (unpaired) electrons. The molecule has 0 aliphatic rings. The van der Waals surface area contributed by atoms with Crippen molar-refractivity contribution in [2.24, 2.45) is 4.52 Å². The first-order chi connectivity index (χ1) is 9.44. The van der Waals surface area contributed by atoms with Gasteiger partial charge in [-0.15, -0.1) is 0 Å². The lowest BCUT2D eigenvalue weighted by Crippen LogP contribution is -2.26. The number of nitrogens with zero attached hydrogens (tertiary/aromatic N) is 4. The fourth-order valence-electron chi connectivity index (χ4n) is 1.55. The topological polar surface area (TPSA) is 105 Å². The number of methoxy groups -OCH3 is 2. The highest BCUT2D eigenvalue weighted by Gasteiger charge is 2.15. The van der Waals surface area contributed by atoms with Gasteiger partial charge in [-0.05, 0) is 29.6 Å². The summed E-state index contributed by atoms with van der Waals surface area (Å²) in [5.74, 6) is 1.18. The van der Waals surface area contributed by atoms with E-state index in [0.717, 1.165) is 9.87 Å². The first-order valence-electron chi connectivity index (χ1n) is 5.68. The third-order valence-electron chi connectivity index (χ3n) is 2.70. The van der Waals surface area contributed by atoms with Crippen molar-refractivity contribution in [1.82, 2.24) is 4.31 Å². The molecule has 0 N–H and O–H groups in total. The van der Waals surface area contributed by atoms with Gasteiger partial charge >= 0.3 is 10.2 Å². The average molecular weight is 300 g/mol. The molecule has 0 aliphatic heterocycles. The van der Waals surface area contributed by atoms with Crippen LogP contribution in [0.4, 0.5) is 0 Å². The van der Waals surface area contributed by atoms with E-state index in [1.807, 2.05) is 6.07 Å². The maximum Gasteiger partial charge on any atom is 0.302 e. The highest BCUT2D eigenvalue weighted by atomic mass is 32.2. The van der Waals surface area contributed by atoms with Crippen LogP contribution in [0, 0.1) is 0 Å². The number of azide groups is 1. The van der Waals surface area contributed by atoms with E-state index in [9.17, 15) is 8.42 Å². The number of hydrogen-bond acceptors (Lipinski definition) is 4. The molecule has 20 heavy (non-hydrogen) atoms. The first kappa shape index (κ1) is 16.1. The molecule has 1 aromatic rings. The van der Waals surface area contributed by atoms with Crippen molar-refractivity contribution in [3.8, 4) is 11.5 Å². The van der Waals surface area contributed by atoms with E-state index >= 15 is 0 Å². The largest absolute Gasteiger partial charge is 0.493 e. The molecule has 0 amide bonds. The number of likely N-dealkylation sites (N-methyl/N-ethyl adjacent to an activating group) is 1. The molecule has 0 fully saturated rings. The predicted molar refractivity (Wildman–Crippen MR) is 73.9 cm³/mol. The smallest absolute Gasteiger partial charge is 0.302 e. The second kappa shape index (κ2) is 6.99. The second-order valence-electron chi connectivity index (χ2n) is 3.91. The number of rotatable bonds is 7. The van der Waals surface area contributed by atoms with E-state index in [2.05, 4.69) is 9.43 Å². The Morgan fingerprint density at radius 2 is 1.95 bits per heavy atom. The van der Waals surface area contributed by atoms with E-state index in [0.29, 0.717) is 17.9 Å². The van der Waals surface area contributed by atoms with Crippen molar-refractivity contribution in [2.45, 2.75) is 6.42 Å². The molecule has 0 heterocycles. The molecule has 1 aromatic carbocycles. The lowest BCUT2D eigenvalue weighted by Gasteiger charge is -2.14. The lowest BCUT2D eigenvalue weighted by molar-refractivity contribution is 0.354. The van der Waals surface area contributed by atoms with E-state index in [4.69, 9.17) is 15.0 Å². The zero-order chi connectivity index (χ0) is 15.2. The molecule has 0 saturated heterocycles. The predicted octanol–water partition coefficient (Wildman–Crippen LogP) is 1.73. The third kappa shape index (κ3) is 4.02. The van der Waals surface area contributed by atoms with Gasteiger partial charge in [0, 0.05) is 23.0 Å². The molecule has 1 rings (SSSR count). The van der Waals surface area contributed by atoms with Crippen LogP contribution < -0.4 is 9.47 Å². The minimum atomic E-state index is -3.92. The summed E-state index contributed by atoms with van der Waals surface area (Å²) in [4.78, 5) is 2.29. The molecule has 0 spiro atoms. The number of benzene rings is 1. The van der Waals surface area contributed by atoms with Crippen molar-refractivity contribution in [2.75, 3.05) is 27.8 Å². The van der Waals surface area contributed by atoms with Crippen molar-refractivity contribution in [3.05, 3.63) is 34.2 Å². The van der Waals surface area contributed by atoms with E-state index in [1.165, 1.54) is 21.3 Å². The van der Waals surface area contributed by atoms with Crippen molar-refractivity contribution >= 4 is 10.2 Å². The van der Waals surface area contributed by atoms with Crippen LogP contribution in [0.1, 0.15) is 5.56 Å². The number of hydrogen-bond donors (Lipinski definition) is 0. The molecule has 9 heteroatoms. The summed E-state index contributed by atoms with van der Waals surface area (Å²) in [6.07, 6.45) is 0.455. The summed E-state index contributed by atoms with van der Waals surface area (Å²) in [6.45, 7) is 0.191. The van der Waals surface area contributed by atoms with E-state index in [1.54, 1.807) is 12.1 Å². The van der Waals surface area contributed by atoms with Gasteiger partial charge in [0.15, 0.2) is 11.5 Å². The van der Waals surface area contributed by atoms with Gasteiger partial charge in [-0.25, -0.2) is 8.42 Å².